The van der Waals surface area contributed by atoms with Crippen LogP contribution in [0.3, 0.4) is 0 Å². The van der Waals surface area contributed by atoms with E-state index in [1.807, 2.05) is 24.2 Å². The summed E-state index contributed by atoms with van der Waals surface area (Å²) >= 11 is 0. The number of likely N-dealkylation sites (N-methyl/N-ethyl adjacent to an activating group) is 1. The van der Waals surface area contributed by atoms with Crippen LogP contribution in [0.1, 0.15) is 43.2 Å². The van der Waals surface area contributed by atoms with Gasteiger partial charge in [0.1, 0.15) is 6.54 Å². The van der Waals surface area contributed by atoms with Crippen LogP contribution in [0, 0.1) is 18.8 Å². The highest BCUT2D eigenvalue weighted by molar-refractivity contribution is 5.79. The van der Waals surface area contributed by atoms with E-state index in [4.69, 9.17) is 0 Å². The lowest BCUT2D eigenvalue weighted by molar-refractivity contribution is -0.139. The van der Waals surface area contributed by atoms with Crippen molar-refractivity contribution in [2.45, 2.75) is 58.0 Å². The third kappa shape index (κ3) is 5.73. The van der Waals surface area contributed by atoms with Crippen LogP contribution >= 0.6 is 0 Å². The summed E-state index contributed by atoms with van der Waals surface area (Å²) in [6.45, 7) is 3.96. The molecule has 0 spiro atoms. The number of hydrogen-bond acceptors (Lipinski definition) is 3. The molecule has 2 atom stereocenters. The number of hydrogen-bond donors (Lipinski definition) is 0. The van der Waals surface area contributed by atoms with E-state index in [-0.39, 0.29) is 24.4 Å². The van der Waals surface area contributed by atoms with Gasteiger partial charge < -0.3 is 9.80 Å². The Bertz CT molecular complexity index is 960. The molecule has 1 aliphatic carbocycles. The van der Waals surface area contributed by atoms with E-state index in [2.05, 4.69) is 53.3 Å². The summed E-state index contributed by atoms with van der Waals surface area (Å²) in [7, 11) is 1.93. The number of amides is 2. The highest BCUT2D eigenvalue weighted by Crippen LogP contribution is 2.29. The number of aryl methyl sites for hydroxylation is 1. The highest BCUT2D eigenvalue weighted by atomic mass is 16.2. The molecular formula is C27H36N4O2. The minimum atomic E-state index is 0.0739. The Morgan fingerprint density at radius 1 is 1.12 bits per heavy atom. The summed E-state index contributed by atoms with van der Waals surface area (Å²) in [6.07, 6.45) is 13.4. The predicted molar refractivity (Wildman–Crippen MR) is 129 cm³/mol. The Labute approximate surface area is 197 Å². The first-order chi connectivity index (χ1) is 16.0. The van der Waals surface area contributed by atoms with Crippen molar-refractivity contribution in [2.24, 2.45) is 11.8 Å². The average molecular weight is 449 g/mol. The second-order valence-corrected chi connectivity index (χ2v) is 9.55. The fourth-order valence-electron chi connectivity index (χ4n) is 5.29. The van der Waals surface area contributed by atoms with Gasteiger partial charge in [-0.3, -0.25) is 14.3 Å². The maximum atomic E-state index is 13.1. The van der Waals surface area contributed by atoms with Gasteiger partial charge in [0.05, 0.1) is 0 Å². The van der Waals surface area contributed by atoms with Crippen LogP contribution in [0.25, 0.3) is 0 Å². The average Bonchev–Trinajstić information content (AvgIpc) is 3.36. The Balaban J connectivity index is 1.45. The molecule has 6 heteroatoms. The first-order valence-corrected chi connectivity index (χ1v) is 12.2. The van der Waals surface area contributed by atoms with Gasteiger partial charge in [-0.1, -0.05) is 36.4 Å². The molecule has 1 aliphatic heterocycles. The Morgan fingerprint density at radius 3 is 2.58 bits per heavy atom. The fraction of sp³-hybridized carbons (Fsp3) is 0.519. The van der Waals surface area contributed by atoms with Gasteiger partial charge in [0.2, 0.25) is 11.8 Å². The van der Waals surface area contributed by atoms with Crippen molar-refractivity contribution in [3.63, 3.8) is 0 Å². The largest absolute Gasteiger partial charge is 0.342 e. The van der Waals surface area contributed by atoms with Gasteiger partial charge in [-0.05, 0) is 68.6 Å². The second-order valence-electron chi connectivity index (χ2n) is 9.55. The summed E-state index contributed by atoms with van der Waals surface area (Å²) in [4.78, 5) is 30.1. The first-order valence-electron chi connectivity index (χ1n) is 12.2. The Morgan fingerprint density at radius 2 is 1.91 bits per heavy atom. The van der Waals surface area contributed by atoms with Gasteiger partial charge >= 0.3 is 0 Å². The molecule has 0 N–H and O–H groups in total. The molecule has 1 fully saturated rings. The minimum Gasteiger partial charge on any atom is -0.342 e. The number of nitrogens with zero attached hydrogens (tertiary/aromatic N) is 4. The summed E-state index contributed by atoms with van der Waals surface area (Å²) in [5.41, 5.74) is 2.54. The monoisotopic (exact) mass is 448 g/mol. The van der Waals surface area contributed by atoms with Crippen LogP contribution in [0.2, 0.25) is 0 Å². The van der Waals surface area contributed by atoms with Crippen LogP contribution in [-0.2, 0) is 22.6 Å². The number of aromatic nitrogens is 2. The molecule has 0 radical (unpaired) electrons. The van der Waals surface area contributed by atoms with Crippen LogP contribution in [0.5, 0.6) is 0 Å². The normalized spacial score (nSPS) is 19.9. The summed E-state index contributed by atoms with van der Waals surface area (Å²) in [5.74, 6) is 0.903. The van der Waals surface area contributed by atoms with Gasteiger partial charge in [0, 0.05) is 44.5 Å². The summed E-state index contributed by atoms with van der Waals surface area (Å²) in [6, 6.07) is 10.4. The molecule has 0 saturated carbocycles. The van der Waals surface area contributed by atoms with Crippen molar-refractivity contribution in [2.75, 3.05) is 20.1 Å². The van der Waals surface area contributed by atoms with Crippen LogP contribution in [0.15, 0.2) is 54.9 Å². The molecule has 2 aliphatic rings. The van der Waals surface area contributed by atoms with Gasteiger partial charge in [0.25, 0.3) is 0 Å². The lowest BCUT2D eigenvalue weighted by Crippen LogP contribution is -2.50. The fourth-order valence-corrected chi connectivity index (χ4v) is 5.29. The van der Waals surface area contributed by atoms with E-state index in [1.54, 1.807) is 10.9 Å². The molecule has 0 bridgehead atoms. The molecule has 2 unspecified atom stereocenters. The van der Waals surface area contributed by atoms with Crippen LogP contribution in [-0.4, -0.2) is 57.6 Å². The Kier molecular flexibility index (Phi) is 7.63. The zero-order chi connectivity index (χ0) is 23.2. The highest BCUT2D eigenvalue weighted by Gasteiger charge is 2.34. The number of carbonyl (C=O) groups excluding carboxylic acids is 2. The smallest absolute Gasteiger partial charge is 0.244 e. The minimum absolute atomic E-state index is 0.0739. The lowest BCUT2D eigenvalue weighted by Gasteiger charge is -2.41. The number of benzene rings is 1. The number of likely N-dealkylation sites (tertiary alicyclic amines) is 1. The van der Waals surface area contributed by atoms with E-state index in [1.165, 1.54) is 11.1 Å². The number of rotatable bonds is 7. The molecule has 176 valence electrons. The SMILES string of the molecule is Cc1ccccc1CC(C1CCN(C(=O)C2CC=CCC2)CC1)N(C)C(=O)Cn1cccn1. The van der Waals surface area contributed by atoms with Crippen molar-refractivity contribution in [1.82, 2.24) is 19.6 Å². The number of allylic oxidation sites excluding steroid dienone is 2. The van der Waals surface area contributed by atoms with Gasteiger partial charge in [-0.2, -0.15) is 5.10 Å². The van der Waals surface area contributed by atoms with E-state index >= 15 is 0 Å². The first kappa shape index (κ1) is 23.3. The molecule has 2 aromatic rings. The maximum absolute atomic E-state index is 13.1. The van der Waals surface area contributed by atoms with Crippen molar-refractivity contribution < 1.29 is 9.59 Å². The predicted octanol–water partition coefficient (Wildman–Crippen LogP) is 3.86. The maximum Gasteiger partial charge on any atom is 0.244 e. The topological polar surface area (TPSA) is 58.4 Å². The molecular weight excluding hydrogens is 412 g/mol. The zero-order valence-electron chi connectivity index (χ0n) is 19.9. The van der Waals surface area contributed by atoms with Crippen molar-refractivity contribution in [3.8, 4) is 0 Å². The van der Waals surface area contributed by atoms with Gasteiger partial charge in [-0.25, -0.2) is 0 Å². The van der Waals surface area contributed by atoms with Gasteiger partial charge in [-0.15, -0.1) is 0 Å². The van der Waals surface area contributed by atoms with Crippen LogP contribution < -0.4 is 0 Å². The quantitative estimate of drug-likeness (QED) is 0.605. The van der Waals surface area contributed by atoms with Crippen molar-refractivity contribution in [1.29, 1.82) is 0 Å². The van der Waals surface area contributed by atoms with E-state index in [0.29, 0.717) is 11.8 Å². The number of carbonyl (C=O) groups is 2. The van der Waals surface area contributed by atoms with Crippen molar-refractivity contribution >= 4 is 11.8 Å². The Hall–Kier alpha value is -2.89. The molecule has 4 rings (SSSR count). The molecule has 33 heavy (non-hydrogen) atoms. The van der Waals surface area contributed by atoms with E-state index in [9.17, 15) is 9.59 Å². The molecule has 1 saturated heterocycles. The molecule has 2 heterocycles. The summed E-state index contributed by atoms with van der Waals surface area (Å²) in [5, 5.41) is 4.20. The van der Waals surface area contributed by atoms with Gasteiger partial charge in [0.15, 0.2) is 0 Å². The van der Waals surface area contributed by atoms with Crippen LogP contribution in [0.4, 0.5) is 0 Å². The molecule has 2 amide bonds. The molecule has 1 aromatic heterocycles. The van der Waals surface area contributed by atoms with E-state index < -0.39 is 0 Å². The second kappa shape index (κ2) is 10.8. The zero-order valence-corrected chi connectivity index (χ0v) is 19.9. The standard InChI is InChI=1S/C27H36N4O2/c1-21-9-6-7-12-24(21)19-25(29(2)26(32)20-31-16-8-15-28-31)22-13-17-30(18-14-22)27(33)23-10-4-3-5-11-23/h3-4,6-9,12,15-16,22-23,25H,5,10-11,13-14,17-20H2,1-2H3. The molecule has 6 nitrogen and oxygen atoms in total. The lowest BCUT2D eigenvalue weighted by atomic mass is 9.83. The number of piperidine rings is 1. The third-order valence-electron chi connectivity index (χ3n) is 7.45. The van der Waals surface area contributed by atoms with Crippen molar-refractivity contribution in [3.05, 3.63) is 66.0 Å². The van der Waals surface area contributed by atoms with E-state index in [0.717, 1.165) is 51.6 Å². The third-order valence-corrected chi connectivity index (χ3v) is 7.45. The molecule has 1 aromatic carbocycles. The summed E-state index contributed by atoms with van der Waals surface area (Å²) < 4.78 is 1.68.